The van der Waals surface area contributed by atoms with Crippen LogP contribution in [0.5, 0.6) is 0 Å². The minimum Gasteiger partial charge on any atom is -0.359 e. The fourth-order valence-corrected chi connectivity index (χ4v) is 3.24. The van der Waals surface area contributed by atoms with Crippen LogP contribution in [0.4, 0.5) is 10.5 Å². The number of urea groups is 1. The van der Waals surface area contributed by atoms with Gasteiger partial charge in [-0.2, -0.15) is 4.98 Å². The predicted molar refractivity (Wildman–Crippen MR) is 89.3 cm³/mol. The monoisotopic (exact) mass is 345 g/mol. The molecule has 0 bridgehead atoms. The van der Waals surface area contributed by atoms with Gasteiger partial charge >= 0.3 is 6.03 Å². The zero-order chi connectivity index (χ0) is 17.6. The second kappa shape index (κ2) is 6.16. The molecule has 2 aliphatic rings. The Morgan fingerprint density at radius 2 is 2.04 bits per heavy atom. The van der Waals surface area contributed by atoms with Crippen LogP contribution in [0, 0.1) is 6.92 Å². The van der Waals surface area contributed by atoms with Crippen molar-refractivity contribution in [1.82, 2.24) is 20.2 Å². The molecule has 2 aromatic rings. The number of aryl methyl sites for hydroxylation is 1. The molecule has 0 aromatic carbocycles. The highest BCUT2D eigenvalue weighted by Crippen LogP contribution is 2.44. The standard InChI is InChI=1S/C17H23N5O3/c1-9(2)16-19-15(21-25-16)12-5-4-8-22(12)17(23)18-13-10(3)20-24-14(13)11-6-7-11/h9,11-12H,4-8H2,1-3H3,(H,18,23)/t12-/m1/s1. The van der Waals surface area contributed by atoms with Gasteiger partial charge in [0.15, 0.2) is 11.6 Å². The first-order valence-electron chi connectivity index (χ1n) is 8.92. The lowest BCUT2D eigenvalue weighted by molar-refractivity contribution is 0.203. The third-order valence-electron chi connectivity index (χ3n) is 4.83. The molecular weight excluding hydrogens is 322 g/mol. The zero-order valence-electron chi connectivity index (χ0n) is 14.8. The molecule has 1 saturated carbocycles. The Bertz CT molecular complexity index is 777. The summed E-state index contributed by atoms with van der Waals surface area (Å²) >= 11 is 0. The maximum absolute atomic E-state index is 12.8. The van der Waals surface area contributed by atoms with Crippen molar-refractivity contribution < 1.29 is 13.8 Å². The molecule has 8 heteroatoms. The summed E-state index contributed by atoms with van der Waals surface area (Å²) in [6, 6.07) is -0.313. The third-order valence-corrected chi connectivity index (χ3v) is 4.83. The number of hydrogen-bond acceptors (Lipinski definition) is 6. The quantitative estimate of drug-likeness (QED) is 0.906. The molecule has 25 heavy (non-hydrogen) atoms. The number of carbonyl (C=O) groups excluding carboxylic acids is 1. The predicted octanol–water partition coefficient (Wildman–Crippen LogP) is 3.74. The Kier molecular flexibility index (Phi) is 3.97. The number of carbonyl (C=O) groups is 1. The second-order valence-electron chi connectivity index (χ2n) is 7.21. The average molecular weight is 345 g/mol. The maximum Gasteiger partial charge on any atom is 0.322 e. The smallest absolute Gasteiger partial charge is 0.322 e. The molecule has 1 aliphatic heterocycles. The Labute approximate surface area is 145 Å². The van der Waals surface area contributed by atoms with Gasteiger partial charge in [-0.05, 0) is 32.6 Å². The van der Waals surface area contributed by atoms with E-state index in [-0.39, 0.29) is 18.0 Å². The van der Waals surface area contributed by atoms with Gasteiger partial charge in [-0.15, -0.1) is 0 Å². The van der Waals surface area contributed by atoms with Crippen molar-refractivity contribution in [3.05, 3.63) is 23.2 Å². The number of amides is 2. The van der Waals surface area contributed by atoms with Gasteiger partial charge < -0.3 is 19.3 Å². The molecule has 0 spiro atoms. The molecule has 8 nitrogen and oxygen atoms in total. The van der Waals surface area contributed by atoms with Gasteiger partial charge in [0.2, 0.25) is 5.89 Å². The molecule has 2 amide bonds. The van der Waals surface area contributed by atoms with Crippen LogP contribution < -0.4 is 5.32 Å². The Hall–Kier alpha value is -2.38. The first kappa shape index (κ1) is 16.1. The van der Waals surface area contributed by atoms with Crippen LogP contribution in [0.25, 0.3) is 0 Å². The Morgan fingerprint density at radius 1 is 1.24 bits per heavy atom. The van der Waals surface area contributed by atoms with Crippen molar-refractivity contribution in [1.29, 1.82) is 0 Å². The summed E-state index contributed by atoms with van der Waals surface area (Å²) < 4.78 is 10.7. The van der Waals surface area contributed by atoms with E-state index in [1.165, 1.54) is 0 Å². The van der Waals surface area contributed by atoms with Crippen molar-refractivity contribution >= 4 is 11.7 Å². The molecule has 1 N–H and O–H groups in total. The summed E-state index contributed by atoms with van der Waals surface area (Å²) in [7, 11) is 0. The van der Waals surface area contributed by atoms with Crippen LogP contribution in [0.2, 0.25) is 0 Å². The molecule has 1 saturated heterocycles. The molecular formula is C17H23N5O3. The maximum atomic E-state index is 12.8. The Morgan fingerprint density at radius 3 is 2.72 bits per heavy atom. The first-order chi connectivity index (χ1) is 12.0. The van der Waals surface area contributed by atoms with Crippen molar-refractivity contribution in [2.75, 3.05) is 11.9 Å². The topological polar surface area (TPSA) is 97.3 Å². The lowest BCUT2D eigenvalue weighted by atomic mass is 10.2. The number of likely N-dealkylation sites (tertiary alicyclic amines) is 1. The molecule has 4 rings (SSSR count). The van der Waals surface area contributed by atoms with E-state index in [1.807, 2.05) is 20.8 Å². The number of hydrogen-bond donors (Lipinski definition) is 1. The third kappa shape index (κ3) is 3.01. The summed E-state index contributed by atoms with van der Waals surface area (Å²) in [5, 5.41) is 11.1. The SMILES string of the molecule is Cc1noc(C2CC2)c1NC(=O)N1CCC[C@@H]1c1noc(C(C)C)n1. The van der Waals surface area contributed by atoms with Gasteiger partial charge in [-0.25, -0.2) is 4.79 Å². The lowest BCUT2D eigenvalue weighted by Gasteiger charge is -2.22. The molecule has 2 aromatic heterocycles. The molecule has 3 heterocycles. The van der Waals surface area contributed by atoms with Gasteiger partial charge in [0.1, 0.15) is 11.4 Å². The molecule has 2 fully saturated rings. The van der Waals surface area contributed by atoms with Crippen molar-refractivity contribution in [3.8, 4) is 0 Å². The summed E-state index contributed by atoms with van der Waals surface area (Å²) in [5.74, 6) is 2.54. The van der Waals surface area contributed by atoms with E-state index < -0.39 is 0 Å². The molecule has 1 aliphatic carbocycles. The van der Waals surface area contributed by atoms with Gasteiger partial charge in [-0.1, -0.05) is 24.2 Å². The Balaban J connectivity index is 1.52. The number of nitrogens with zero attached hydrogens (tertiary/aromatic N) is 4. The van der Waals surface area contributed by atoms with E-state index in [9.17, 15) is 4.79 Å². The van der Waals surface area contributed by atoms with Crippen LogP contribution in [-0.4, -0.2) is 32.8 Å². The minimum atomic E-state index is -0.161. The fraction of sp³-hybridized carbons (Fsp3) is 0.647. The fourth-order valence-electron chi connectivity index (χ4n) is 3.24. The molecule has 0 radical (unpaired) electrons. The van der Waals surface area contributed by atoms with E-state index in [2.05, 4.69) is 20.6 Å². The highest BCUT2D eigenvalue weighted by Gasteiger charge is 2.36. The van der Waals surface area contributed by atoms with Crippen LogP contribution >= 0.6 is 0 Å². The number of rotatable bonds is 4. The highest BCUT2D eigenvalue weighted by atomic mass is 16.5. The van der Waals surface area contributed by atoms with Gasteiger partial charge in [0.05, 0.1) is 6.04 Å². The van der Waals surface area contributed by atoms with E-state index in [0.717, 1.165) is 31.4 Å². The summed E-state index contributed by atoms with van der Waals surface area (Å²) in [6.45, 7) is 6.53. The van der Waals surface area contributed by atoms with Gasteiger partial charge in [-0.3, -0.25) is 0 Å². The summed E-state index contributed by atoms with van der Waals surface area (Å²) in [6.07, 6.45) is 3.93. The van der Waals surface area contributed by atoms with Crippen LogP contribution in [-0.2, 0) is 0 Å². The second-order valence-corrected chi connectivity index (χ2v) is 7.21. The van der Waals surface area contributed by atoms with Crippen LogP contribution in [0.3, 0.4) is 0 Å². The molecule has 1 atom stereocenters. The normalized spacial score (nSPS) is 20.5. The van der Waals surface area contributed by atoms with Crippen molar-refractivity contribution in [2.45, 2.75) is 64.3 Å². The van der Waals surface area contributed by atoms with E-state index in [4.69, 9.17) is 9.05 Å². The van der Waals surface area contributed by atoms with E-state index in [0.29, 0.717) is 35.6 Å². The highest BCUT2D eigenvalue weighted by molar-refractivity contribution is 5.91. The number of nitrogens with one attached hydrogen (secondary N) is 1. The van der Waals surface area contributed by atoms with Gasteiger partial charge in [0.25, 0.3) is 0 Å². The minimum absolute atomic E-state index is 0.152. The van der Waals surface area contributed by atoms with Crippen molar-refractivity contribution in [3.63, 3.8) is 0 Å². The first-order valence-corrected chi connectivity index (χ1v) is 8.92. The number of anilines is 1. The summed E-state index contributed by atoms with van der Waals surface area (Å²) in [4.78, 5) is 19.1. The van der Waals surface area contributed by atoms with E-state index in [1.54, 1.807) is 4.90 Å². The van der Waals surface area contributed by atoms with Gasteiger partial charge in [0, 0.05) is 18.4 Å². The molecule has 134 valence electrons. The lowest BCUT2D eigenvalue weighted by Crippen LogP contribution is -2.35. The zero-order valence-corrected chi connectivity index (χ0v) is 14.8. The summed E-state index contributed by atoms with van der Waals surface area (Å²) in [5.41, 5.74) is 1.43. The average Bonchev–Trinajstić information content (AvgIpc) is 3.01. The van der Waals surface area contributed by atoms with Crippen molar-refractivity contribution in [2.24, 2.45) is 0 Å². The number of aromatic nitrogens is 3. The van der Waals surface area contributed by atoms with Crippen LogP contribution in [0.15, 0.2) is 9.05 Å². The largest absolute Gasteiger partial charge is 0.359 e. The molecule has 0 unspecified atom stereocenters. The van der Waals surface area contributed by atoms with Crippen LogP contribution in [0.1, 0.15) is 80.6 Å². The van der Waals surface area contributed by atoms with E-state index >= 15 is 0 Å².